The minimum atomic E-state index is 0.342. The van der Waals surface area contributed by atoms with Crippen molar-refractivity contribution in [2.24, 2.45) is 0 Å². The number of aromatic nitrogens is 2. The summed E-state index contributed by atoms with van der Waals surface area (Å²) in [5.74, 6) is 0.651. The second-order valence-electron chi connectivity index (χ2n) is 5.11. The highest BCUT2D eigenvalue weighted by atomic mass is 15.2. The summed E-state index contributed by atoms with van der Waals surface area (Å²) < 4.78 is 0. The van der Waals surface area contributed by atoms with Crippen LogP contribution in [0.15, 0.2) is 12.3 Å². The molecule has 2 rings (SSSR count). The molecule has 0 aliphatic carbocycles. The van der Waals surface area contributed by atoms with Crippen LogP contribution in [0.1, 0.15) is 45.2 Å². The molecule has 1 fully saturated rings. The van der Waals surface area contributed by atoms with E-state index in [1.807, 2.05) is 6.20 Å². The predicted molar refractivity (Wildman–Crippen MR) is 61.9 cm³/mol. The first kappa shape index (κ1) is 10.7. The fraction of sp³-hybridized carbons (Fsp3) is 0.750. The summed E-state index contributed by atoms with van der Waals surface area (Å²) in [5, 5.41) is 7.12. The van der Waals surface area contributed by atoms with E-state index in [9.17, 15) is 0 Å². The maximum Gasteiger partial charge on any atom is 0.0490 e. The van der Waals surface area contributed by atoms with Crippen LogP contribution in [0.3, 0.4) is 0 Å². The molecule has 1 aliphatic heterocycles. The summed E-state index contributed by atoms with van der Waals surface area (Å²) >= 11 is 0. The lowest BCUT2D eigenvalue weighted by molar-refractivity contribution is 0.148. The largest absolute Gasteiger partial charge is 0.298 e. The summed E-state index contributed by atoms with van der Waals surface area (Å²) in [6, 6.07) is 2.10. The minimum Gasteiger partial charge on any atom is -0.298 e. The second kappa shape index (κ2) is 3.97. The number of aromatic amines is 1. The molecule has 3 heteroatoms. The molecule has 1 unspecified atom stereocenters. The van der Waals surface area contributed by atoms with E-state index in [2.05, 4.69) is 41.9 Å². The third-order valence-corrected chi connectivity index (χ3v) is 3.87. The first-order valence-corrected chi connectivity index (χ1v) is 5.88. The SMILES string of the molecule is CCC(C)(C)N1CCC(c2ccn[nH]2)C1. The molecule has 1 saturated heterocycles. The number of H-pyrrole nitrogens is 1. The van der Waals surface area contributed by atoms with Gasteiger partial charge in [-0.3, -0.25) is 10.00 Å². The Balaban J connectivity index is 2.01. The quantitative estimate of drug-likeness (QED) is 0.825. The van der Waals surface area contributed by atoms with Gasteiger partial charge in [-0.25, -0.2) is 0 Å². The topological polar surface area (TPSA) is 31.9 Å². The summed E-state index contributed by atoms with van der Waals surface area (Å²) in [7, 11) is 0. The van der Waals surface area contributed by atoms with Gasteiger partial charge in [-0.05, 0) is 39.3 Å². The highest BCUT2D eigenvalue weighted by molar-refractivity contribution is 5.09. The Labute approximate surface area is 91.9 Å². The normalized spacial score (nSPS) is 23.5. The van der Waals surface area contributed by atoms with E-state index in [4.69, 9.17) is 0 Å². The van der Waals surface area contributed by atoms with Gasteiger partial charge >= 0.3 is 0 Å². The zero-order valence-electron chi connectivity index (χ0n) is 9.95. The van der Waals surface area contributed by atoms with Crippen molar-refractivity contribution in [3.05, 3.63) is 18.0 Å². The van der Waals surface area contributed by atoms with Crippen molar-refractivity contribution >= 4 is 0 Å². The number of hydrogen-bond donors (Lipinski definition) is 1. The van der Waals surface area contributed by atoms with E-state index in [1.54, 1.807) is 0 Å². The van der Waals surface area contributed by atoms with Gasteiger partial charge in [0.2, 0.25) is 0 Å². The lowest BCUT2D eigenvalue weighted by Gasteiger charge is -2.34. The first-order chi connectivity index (χ1) is 7.13. The van der Waals surface area contributed by atoms with E-state index >= 15 is 0 Å². The zero-order chi connectivity index (χ0) is 10.9. The van der Waals surface area contributed by atoms with Crippen LogP contribution < -0.4 is 0 Å². The smallest absolute Gasteiger partial charge is 0.0490 e. The van der Waals surface area contributed by atoms with Gasteiger partial charge in [0, 0.05) is 29.9 Å². The van der Waals surface area contributed by atoms with Gasteiger partial charge in [0.1, 0.15) is 0 Å². The molecule has 2 heterocycles. The standard InChI is InChI=1S/C12H21N3/c1-4-12(2,3)15-8-6-10(9-15)11-5-7-13-14-11/h5,7,10H,4,6,8-9H2,1-3H3,(H,13,14). The highest BCUT2D eigenvalue weighted by Crippen LogP contribution is 2.31. The number of hydrogen-bond acceptors (Lipinski definition) is 2. The van der Waals surface area contributed by atoms with E-state index in [0.717, 1.165) is 0 Å². The van der Waals surface area contributed by atoms with E-state index < -0.39 is 0 Å². The minimum absolute atomic E-state index is 0.342. The van der Waals surface area contributed by atoms with Gasteiger partial charge in [-0.2, -0.15) is 5.10 Å². The van der Waals surface area contributed by atoms with Crippen molar-refractivity contribution in [3.63, 3.8) is 0 Å². The molecule has 1 atom stereocenters. The Morgan fingerprint density at radius 1 is 1.60 bits per heavy atom. The fourth-order valence-electron chi connectivity index (χ4n) is 2.28. The Bertz CT molecular complexity index is 303. The molecular formula is C12H21N3. The Morgan fingerprint density at radius 3 is 3.00 bits per heavy atom. The van der Waals surface area contributed by atoms with Crippen LogP contribution in [0.5, 0.6) is 0 Å². The van der Waals surface area contributed by atoms with Gasteiger partial charge < -0.3 is 0 Å². The fourth-order valence-corrected chi connectivity index (χ4v) is 2.28. The van der Waals surface area contributed by atoms with Gasteiger partial charge in [0.05, 0.1) is 0 Å². The highest BCUT2D eigenvalue weighted by Gasteiger charge is 2.33. The lowest BCUT2D eigenvalue weighted by atomic mass is 9.99. The Hall–Kier alpha value is -0.830. The summed E-state index contributed by atoms with van der Waals surface area (Å²) in [4.78, 5) is 2.60. The van der Waals surface area contributed by atoms with Crippen molar-refractivity contribution < 1.29 is 0 Å². The first-order valence-electron chi connectivity index (χ1n) is 5.88. The molecule has 3 nitrogen and oxygen atoms in total. The molecule has 1 aromatic rings. The second-order valence-corrected chi connectivity index (χ2v) is 5.11. The molecule has 84 valence electrons. The van der Waals surface area contributed by atoms with Crippen LogP contribution in [0.25, 0.3) is 0 Å². The maximum atomic E-state index is 4.03. The van der Waals surface area contributed by atoms with Crippen molar-refractivity contribution in [2.75, 3.05) is 13.1 Å². The predicted octanol–water partition coefficient (Wildman–Crippen LogP) is 2.39. The average Bonchev–Trinajstić information content (AvgIpc) is 2.88. The monoisotopic (exact) mass is 207 g/mol. The van der Waals surface area contributed by atoms with E-state index in [-0.39, 0.29) is 0 Å². The summed E-state index contributed by atoms with van der Waals surface area (Å²) in [5.41, 5.74) is 1.64. The van der Waals surface area contributed by atoms with Crippen LogP contribution in [-0.4, -0.2) is 33.7 Å². The van der Waals surface area contributed by atoms with Crippen LogP contribution in [0.4, 0.5) is 0 Å². The van der Waals surface area contributed by atoms with Gasteiger partial charge in [0.25, 0.3) is 0 Å². The summed E-state index contributed by atoms with van der Waals surface area (Å²) in [6.07, 6.45) is 4.32. The number of rotatable bonds is 3. The third-order valence-electron chi connectivity index (χ3n) is 3.87. The molecule has 0 radical (unpaired) electrons. The lowest BCUT2D eigenvalue weighted by Crippen LogP contribution is -2.41. The molecule has 1 N–H and O–H groups in total. The molecular weight excluding hydrogens is 186 g/mol. The van der Waals surface area contributed by atoms with E-state index in [0.29, 0.717) is 11.5 Å². The Kier molecular flexibility index (Phi) is 2.83. The van der Waals surface area contributed by atoms with Crippen LogP contribution in [0.2, 0.25) is 0 Å². The summed E-state index contributed by atoms with van der Waals surface area (Å²) in [6.45, 7) is 9.32. The molecule has 0 bridgehead atoms. The van der Waals surface area contributed by atoms with Gasteiger partial charge in [-0.1, -0.05) is 6.92 Å². The maximum absolute atomic E-state index is 4.03. The molecule has 0 amide bonds. The number of nitrogens with zero attached hydrogens (tertiary/aromatic N) is 2. The van der Waals surface area contributed by atoms with Crippen molar-refractivity contribution in [1.29, 1.82) is 0 Å². The molecule has 1 aromatic heterocycles. The molecule has 0 spiro atoms. The zero-order valence-corrected chi connectivity index (χ0v) is 9.95. The van der Waals surface area contributed by atoms with Crippen molar-refractivity contribution in [1.82, 2.24) is 15.1 Å². The van der Waals surface area contributed by atoms with Crippen molar-refractivity contribution in [2.45, 2.75) is 45.1 Å². The molecule has 0 saturated carbocycles. The van der Waals surface area contributed by atoms with Gasteiger partial charge in [-0.15, -0.1) is 0 Å². The molecule has 1 aliphatic rings. The number of likely N-dealkylation sites (tertiary alicyclic amines) is 1. The molecule has 15 heavy (non-hydrogen) atoms. The van der Waals surface area contributed by atoms with Gasteiger partial charge in [0.15, 0.2) is 0 Å². The van der Waals surface area contributed by atoms with Crippen LogP contribution >= 0.6 is 0 Å². The number of nitrogens with one attached hydrogen (secondary N) is 1. The van der Waals surface area contributed by atoms with Crippen molar-refractivity contribution in [3.8, 4) is 0 Å². The Morgan fingerprint density at radius 2 is 2.40 bits per heavy atom. The third kappa shape index (κ3) is 2.07. The van der Waals surface area contributed by atoms with Crippen LogP contribution in [0, 0.1) is 0 Å². The van der Waals surface area contributed by atoms with E-state index in [1.165, 1.54) is 31.6 Å². The average molecular weight is 207 g/mol. The van der Waals surface area contributed by atoms with Crippen LogP contribution in [-0.2, 0) is 0 Å². The molecule has 0 aromatic carbocycles.